The molecule has 35 heavy (non-hydrogen) atoms. The molecule has 2 aliphatic rings. The van der Waals surface area contributed by atoms with E-state index in [1.807, 2.05) is 55.5 Å². The van der Waals surface area contributed by atoms with Gasteiger partial charge in [0, 0.05) is 41.3 Å². The molecule has 0 spiro atoms. The van der Waals surface area contributed by atoms with Crippen LogP contribution in [0.1, 0.15) is 46.4 Å². The second-order valence-corrected chi connectivity index (χ2v) is 9.59. The van der Waals surface area contributed by atoms with Gasteiger partial charge >= 0.3 is 0 Å². The van der Waals surface area contributed by atoms with Gasteiger partial charge in [0.05, 0.1) is 11.1 Å². The summed E-state index contributed by atoms with van der Waals surface area (Å²) in [6, 6.07) is 13.4. The second kappa shape index (κ2) is 10.1. The van der Waals surface area contributed by atoms with Crippen molar-refractivity contribution in [1.82, 2.24) is 15.2 Å². The van der Waals surface area contributed by atoms with Gasteiger partial charge in [-0.15, -0.1) is 0 Å². The molecule has 0 radical (unpaired) electrons. The van der Waals surface area contributed by atoms with Crippen LogP contribution >= 0.6 is 11.6 Å². The lowest BCUT2D eigenvalue weighted by atomic mass is 9.94. The van der Waals surface area contributed by atoms with Crippen LogP contribution in [0.4, 0.5) is 5.69 Å². The Balaban J connectivity index is 1.38. The monoisotopic (exact) mass is 488 g/mol. The highest BCUT2D eigenvalue weighted by Gasteiger charge is 2.28. The summed E-state index contributed by atoms with van der Waals surface area (Å²) in [6.45, 7) is 5.61. The van der Waals surface area contributed by atoms with E-state index in [-0.39, 0.29) is 11.8 Å². The van der Waals surface area contributed by atoms with Gasteiger partial charge in [0.1, 0.15) is 0 Å². The van der Waals surface area contributed by atoms with Crippen molar-refractivity contribution in [3.63, 3.8) is 0 Å². The van der Waals surface area contributed by atoms with E-state index in [4.69, 9.17) is 11.6 Å². The molecular formula is C28H29ClN4O2. The number of benzene rings is 2. The van der Waals surface area contributed by atoms with Crippen molar-refractivity contribution >= 4 is 40.8 Å². The summed E-state index contributed by atoms with van der Waals surface area (Å²) >= 11 is 6.23. The summed E-state index contributed by atoms with van der Waals surface area (Å²) in [5, 5.41) is 6.64. The number of amides is 2. The summed E-state index contributed by atoms with van der Waals surface area (Å²) in [6.07, 6.45) is 7.31. The summed E-state index contributed by atoms with van der Waals surface area (Å²) in [7, 11) is 0. The van der Waals surface area contributed by atoms with Crippen LogP contribution in [0.3, 0.4) is 0 Å². The number of aromatic nitrogens is 1. The fourth-order valence-corrected chi connectivity index (χ4v) is 5.12. The van der Waals surface area contributed by atoms with Gasteiger partial charge in [0.2, 0.25) is 0 Å². The maximum atomic E-state index is 12.9. The third-order valence-corrected chi connectivity index (χ3v) is 7.07. The van der Waals surface area contributed by atoms with Gasteiger partial charge in [-0.1, -0.05) is 42.3 Å². The number of piperidine rings is 1. The number of H-pyrrole nitrogens is 1. The maximum absolute atomic E-state index is 12.9. The predicted molar refractivity (Wildman–Crippen MR) is 142 cm³/mol. The highest BCUT2D eigenvalue weighted by Crippen LogP contribution is 2.41. The third-order valence-electron chi connectivity index (χ3n) is 6.84. The Morgan fingerprint density at radius 1 is 1.14 bits per heavy atom. The first-order valence-electron chi connectivity index (χ1n) is 12.1. The first-order valence-corrected chi connectivity index (χ1v) is 12.5. The smallest absolute Gasteiger partial charge is 0.256 e. The van der Waals surface area contributed by atoms with Crippen molar-refractivity contribution in [2.45, 2.75) is 26.2 Å². The van der Waals surface area contributed by atoms with Crippen molar-refractivity contribution in [3.05, 3.63) is 76.1 Å². The van der Waals surface area contributed by atoms with E-state index >= 15 is 0 Å². The summed E-state index contributed by atoms with van der Waals surface area (Å²) in [5.74, 6) is -0.271. The molecule has 5 rings (SSSR count). The quantitative estimate of drug-likeness (QED) is 0.409. The zero-order chi connectivity index (χ0) is 24.4. The standard InChI is InChI=1S/C28H29ClN4O2/c1-18-23(27(34)30-11-14-33-12-3-2-4-13-33)17-31-25(18)16-22-26-21(19-7-5-8-20(29)15-19)9-6-10-24(26)32-28(22)35/h5-10,15-17,31H,2-4,11-14H2,1H3,(H,30,34)(H,32,35). The lowest BCUT2D eigenvalue weighted by molar-refractivity contribution is -0.110. The minimum atomic E-state index is -0.170. The van der Waals surface area contributed by atoms with E-state index in [1.54, 1.807) is 6.20 Å². The molecule has 1 fully saturated rings. The van der Waals surface area contributed by atoms with Crippen LogP contribution in [-0.4, -0.2) is 47.9 Å². The first-order chi connectivity index (χ1) is 17.0. The Bertz CT molecular complexity index is 1300. The molecule has 0 unspecified atom stereocenters. The van der Waals surface area contributed by atoms with Crippen LogP contribution in [-0.2, 0) is 4.79 Å². The zero-order valence-corrected chi connectivity index (χ0v) is 20.5. The SMILES string of the molecule is Cc1c(C(=O)NCCN2CCCCC2)c[nH]c1C=C1C(=O)Nc2cccc(-c3cccc(Cl)c3)c21. The molecule has 0 bridgehead atoms. The number of hydrogen-bond acceptors (Lipinski definition) is 3. The van der Waals surface area contributed by atoms with E-state index in [0.29, 0.717) is 22.7 Å². The van der Waals surface area contributed by atoms with Gasteiger partial charge in [0.15, 0.2) is 0 Å². The Labute approximate surface area is 210 Å². The van der Waals surface area contributed by atoms with E-state index in [2.05, 4.69) is 20.5 Å². The third kappa shape index (κ3) is 4.90. The van der Waals surface area contributed by atoms with E-state index in [9.17, 15) is 9.59 Å². The summed E-state index contributed by atoms with van der Waals surface area (Å²) in [4.78, 5) is 31.3. The average Bonchev–Trinajstić information content (AvgIpc) is 3.39. The normalized spacial score (nSPS) is 16.9. The van der Waals surface area contributed by atoms with Crippen LogP contribution in [0.25, 0.3) is 22.8 Å². The lowest BCUT2D eigenvalue weighted by Crippen LogP contribution is -2.37. The van der Waals surface area contributed by atoms with Crippen molar-refractivity contribution in [3.8, 4) is 11.1 Å². The molecule has 2 aliphatic heterocycles. The molecule has 0 atom stereocenters. The van der Waals surface area contributed by atoms with Crippen molar-refractivity contribution in [2.24, 2.45) is 0 Å². The molecule has 7 heteroatoms. The number of nitrogens with zero attached hydrogens (tertiary/aromatic N) is 1. The molecule has 6 nitrogen and oxygen atoms in total. The van der Waals surface area contributed by atoms with Crippen molar-refractivity contribution in [1.29, 1.82) is 0 Å². The van der Waals surface area contributed by atoms with Gasteiger partial charge in [0.25, 0.3) is 11.8 Å². The van der Waals surface area contributed by atoms with Crippen LogP contribution in [0.5, 0.6) is 0 Å². The summed E-state index contributed by atoms with van der Waals surface area (Å²) < 4.78 is 0. The molecule has 3 N–H and O–H groups in total. The molecule has 1 aromatic heterocycles. The van der Waals surface area contributed by atoms with Gasteiger partial charge in [-0.3, -0.25) is 9.59 Å². The molecular weight excluding hydrogens is 460 g/mol. The number of carbonyl (C=O) groups is 2. The lowest BCUT2D eigenvalue weighted by Gasteiger charge is -2.26. The zero-order valence-electron chi connectivity index (χ0n) is 19.8. The van der Waals surface area contributed by atoms with E-state index < -0.39 is 0 Å². The van der Waals surface area contributed by atoms with E-state index in [0.717, 1.165) is 53.3 Å². The fraction of sp³-hybridized carbons (Fsp3) is 0.286. The topological polar surface area (TPSA) is 77.2 Å². The minimum absolute atomic E-state index is 0.101. The number of anilines is 1. The van der Waals surface area contributed by atoms with E-state index in [1.165, 1.54) is 19.3 Å². The molecule has 3 aromatic rings. The maximum Gasteiger partial charge on any atom is 0.256 e. The van der Waals surface area contributed by atoms with Crippen LogP contribution in [0.15, 0.2) is 48.7 Å². The molecule has 180 valence electrons. The van der Waals surface area contributed by atoms with Gasteiger partial charge in [-0.05, 0) is 73.8 Å². The number of hydrogen-bond donors (Lipinski definition) is 3. The Morgan fingerprint density at radius 2 is 1.94 bits per heavy atom. The Kier molecular flexibility index (Phi) is 6.75. The van der Waals surface area contributed by atoms with Crippen LogP contribution < -0.4 is 10.6 Å². The number of fused-ring (bicyclic) bond motifs is 1. The Hall–Kier alpha value is -3.35. The number of aromatic amines is 1. The molecule has 0 saturated carbocycles. The number of likely N-dealkylation sites (tertiary alicyclic amines) is 1. The highest BCUT2D eigenvalue weighted by molar-refractivity contribution is 6.36. The molecule has 0 aliphatic carbocycles. The molecule has 1 saturated heterocycles. The second-order valence-electron chi connectivity index (χ2n) is 9.15. The number of halogens is 1. The predicted octanol–water partition coefficient (Wildman–Crippen LogP) is 5.35. The van der Waals surface area contributed by atoms with Crippen LogP contribution in [0.2, 0.25) is 5.02 Å². The summed E-state index contributed by atoms with van der Waals surface area (Å²) in [5.41, 5.74) is 6.16. The van der Waals surface area contributed by atoms with Crippen LogP contribution in [0, 0.1) is 6.92 Å². The van der Waals surface area contributed by atoms with Gasteiger partial charge in [-0.2, -0.15) is 0 Å². The first kappa shape index (κ1) is 23.4. The molecule has 3 heterocycles. The highest BCUT2D eigenvalue weighted by atomic mass is 35.5. The average molecular weight is 489 g/mol. The van der Waals surface area contributed by atoms with Crippen molar-refractivity contribution < 1.29 is 9.59 Å². The molecule has 2 aromatic carbocycles. The largest absolute Gasteiger partial charge is 0.361 e. The van der Waals surface area contributed by atoms with Crippen molar-refractivity contribution in [2.75, 3.05) is 31.5 Å². The van der Waals surface area contributed by atoms with Gasteiger partial charge < -0.3 is 20.5 Å². The number of rotatable bonds is 6. The fourth-order valence-electron chi connectivity index (χ4n) is 4.93. The molecule has 2 amide bonds. The number of carbonyl (C=O) groups excluding carboxylic acids is 2. The minimum Gasteiger partial charge on any atom is -0.361 e. The van der Waals surface area contributed by atoms with Gasteiger partial charge in [-0.25, -0.2) is 0 Å². The number of nitrogens with one attached hydrogen (secondary N) is 3. The Morgan fingerprint density at radius 3 is 2.74 bits per heavy atom.